The van der Waals surface area contributed by atoms with Crippen molar-refractivity contribution in [3.63, 3.8) is 0 Å². The molecule has 0 spiro atoms. The molecule has 1 aromatic heterocycles. The zero-order chi connectivity index (χ0) is 15.9. The average Bonchev–Trinajstić information content (AvgIpc) is 2.55. The van der Waals surface area contributed by atoms with Crippen LogP contribution in [0.15, 0.2) is 48.7 Å². The molecule has 1 N–H and O–H groups in total. The first kappa shape index (κ1) is 16.2. The molecule has 5 heteroatoms. The van der Waals surface area contributed by atoms with E-state index in [9.17, 15) is 0 Å². The van der Waals surface area contributed by atoms with Gasteiger partial charge in [-0.3, -0.25) is 4.98 Å². The minimum absolute atomic E-state index is 0.690. The molecule has 0 aliphatic heterocycles. The molecular formula is C17H22N4S. The lowest BCUT2D eigenvalue weighted by molar-refractivity contribution is 0.397. The summed E-state index contributed by atoms with van der Waals surface area (Å²) < 4.78 is 0. The Morgan fingerprint density at radius 3 is 2.36 bits per heavy atom. The number of hydrogen-bond acceptors (Lipinski definition) is 3. The van der Waals surface area contributed by atoms with E-state index in [1.54, 1.807) is 0 Å². The number of anilines is 1. The van der Waals surface area contributed by atoms with Crippen LogP contribution in [0.4, 0.5) is 5.69 Å². The average molecular weight is 314 g/mol. The molecule has 0 aliphatic carbocycles. The molecule has 2 aromatic rings. The van der Waals surface area contributed by atoms with Crippen LogP contribution in [-0.4, -0.2) is 36.1 Å². The van der Waals surface area contributed by atoms with Gasteiger partial charge in [0.1, 0.15) is 0 Å². The number of nitrogens with zero attached hydrogens (tertiary/aromatic N) is 3. The van der Waals surface area contributed by atoms with E-state index in [2.05, 4.69) is 44.4 Å². The molecule has 116 valence electrons. The maximum Gasteiger partial charge on any atom is 0.169 e. The largest absolute Gasteiger partial charge is 0.378 e. The van der Waals surface area contributed by atoms with Crippen molar-refractivity contribution in [2.75, 3.05) is 26.0 Å². The molecule has 2 rings (SSSR count). The smallest absolute Gasteiger partial charge is 0.169 e. The van der Waals surface area contributed by atoms with Crippen molar-refractivity contribution in [3.8, 4) is 0 Å². The van der Waals surface area contributed by atoms with E-state index < -0.39 is 0 Å². The second-order valence-corrected chi connectivity index (χ2v) is 5.68. The summed E-state index contributed by atoms with van der Waals surface area (Å²) in [5, 5.41) is 3.78. The highest BCUT2D eigenvalue weighted by Gasteiger charge is 2.10. The Labute approximate surface area is 137 Å². The first-order valence-corrected chi connectivity index (χ1v) is 7.64. The van der Waals surface area contributed by atoms with Gasteiger partial charge in [0.25, 0.3) is 0 Å². The van der Waals surface area contributed by atoms with Crippen LogP contribution >= 0.6 is 12.2 Å². The van der Waals surface area contributed by atoms with E-state index >= 15 is 0 Å². The fraction of sp³-hybridized carbons (Fsp3) is 0.294. The molecule has 1 heterocycles. The summed E-state index contributed by atoms with van der Waals surface area (Å²) in [6.07, 6.45) is 1.81. The van der Waals surface area contributed by atoms with Gasteiger partial charge in [-0.1, -0.05) is 18.2 Å². The molecule has 1 aromatic carbocycles. The lowest BCUT2D eigenvalue weighted by Gasteiger charge is -2.25. The second-order valence-electron chi connectivity index (χ2n) is 5.29. The van der Waals surface area contributed by atoms with Crippen molar-refractivity contribution in [2.45, 2.75) is 13.1 Å². The summed E-state index contributed by atoms with van der Waals surface area (Å²) >= 11 is 5.42. The number of aromatic nitrogens is 1. The van der Waals surface area contributed by atoms with Gasteiger partial charge in [-0.15, -0.1) is 0 Å². The monoisotopic (exact) mass is 314 g/mol. The second kappa shape index (κ2) is 7.75. The van der Waals surface area contributed by atoms with E-state index in [4.69, 9.17) is 12.2 Å². The Bertz CT molecular complexity index is 596. The summed E-state index contributed by atoms with van der Waals surface area (Å²) in [6.45, 7) is 1.44. The highest BCUT2D eigenvalue weighted by molar-refractivity contribution is 7.80. The Morgan fingerprint density at radius 1 is 1.09 bits per heavy atom. The van der Waals surface area contributed by atoms with Crippen LogP contribution < -0.4 is 10.2 Å². The third-order valence-electron chi connectivity index (χ3n) is 3.41. The quantitative estimate of drug-likeness (QED) is 0.858. The first-order valence-electron chi connectivity index (χ1n) is 7.23. The van der Waals surface area contributed by atoms with E-state index in [0.29, 0.717) is 6.54 Å². The van der Waals surface area contributed by atoms with Crippen LogP contribution in [0.2, 0.25) is 0 Å². The van der Waals surface area contributed by atoms with Crippen LogP contribution in [0.25, 0.3) is 0 Å². The molecule has 22 heavy (non-hydrogen) atoms. The van der Waals surface area contributed by atoms with Crippen molar-refractivity contribution in [1.29, 1.82) is 0 Å². The molecule has 0 radical (unpaired) electrons. The summed E-state index contributed by atoms with van der Waals surface area (Å²) in [5.74, 6) is 0. The van der Waals surface area contributed by atoms with Crippen molar-refractivity contribution in [2.24, 2.45) is 0 Å². The van der Waals surface area contributed by atoms with Gasteiger partial charge in [0, 0.05) is 39.6 Å². The minimum atomic E-state index is 0.690. The van der Waals surface area contributed by atoms with Gasteiger partial charge >= 0.3 is 0 Å². The molecule has 0 fully saturated rings. The lowest BCUT2D eigenvalue weighted by Crippen LogP contribution is -2.37. The normalized spacial score (nSPS) is 10.1. The van der Waals surface area contributed by atoms with Gasteiger partial charge in [0.2, 0.25) is 0 Å². The zero-order valence-corrected chi connectivity index (χ0v) is 14.1. The van der Waals surface area contributed by atoms with Gasteiger partial charge in [-0.25, -0.2) is 0 Å². The number of hydrogen-bond donors (Lipinski definition) is 1. The third kappa shape index (κ3) is 4.43. The van der Waals surface area contributed by atoms with E-state index in [-0.39, 0.29) is 0 Å². The number of benzene rings is 1. The number of rotatable bonds is 5. The van der Waals surface area contributed by atoms with E-state index in [0.717, 1.165) is 17.4 Å². The lowest BCUT2D eigenvalue weighted by atomic mass is 10.2. The molecule has 0 atom stereocenters. The van der Waals surface area contributed by atoms with Crippen molar-refractivity contribution in [3.05, 3.63) is 59.9 Å². The van der Waals surface area contributed by atoms with E-state index in [1.165, 1.54) is 11.3 Å². The maximum atomic E-state index is 5.42. The molecule has 0 saturated heterocycles. The summed E-state index contributed by atoms with van der Waals surface area (Å²) in [7, 11) is 5.93. The van der Waals surface area contributed by atoms with Crippen LogP contribution in [-0.2, 0) is 13.1 Å². The van der Waals surface area contributed by atoms with E-state index in [1.807, 2.05) is 45.5 Å². The highest BCUT2D eigenvalue weighted by atomic mass is 32.1. The van der Waals surface area contributed by atoms with Gasteiger partial charge in [-0.05, 0) is 42.0 Å². The topological polar surface area (TPSA) is 31.4 Å². The van der Waals surface area contributed by atoms with Gasteiger partial charge in [-0.2, -0.15) is 0 Å². The minimum Gasteiger partial charge on any atom is -0.378 e. The molecule has 0 saturated carbocycles. The predicted molar refractivity (Wildman–Crippen MR) is 95.9 cm³/mol. The summed E-state index contributed by atoms with van der Waals surface area (Å²) in [6, 6.07) is 14.4. The molecule has 0 unspecified atom stereocenters. The molecular weight excluding hydrogens is 292 g/mol. The highest BCUT2D eigenvalue weighted by Crippen LogP contribution is 2.15. The van der Waals surface area contributed by atoms with Crippen molar-refractivity contribution < 1.29 is 0 Å². The van der Waals surface area contributed by atoms with Gasteiger partial charge in [0.05, 0.1) is 12.2 Å². The predicted octanol–water partition coefficient (Wildman–Crippen LogP) is 2.65. The van der Waals surface area contributed by atoms with Gasteiger partial charge < -0.3 is 15.1 Å². The molecule has 4 nitrogen and oxygen atoms in total. The molecule has 0 aliphatic rings. The summed E-state index contributed by atoms with van der Waals surface area (Å²) in [5.41, 5.74) is 3.42. The third-order valence-corrected chi connectivity index (χ3v) is 3.87. The molecule has 0 bridgehead atoms. The number of nitrogens with one attached hydrogen (secondary N) is 1. The zero-order valence-electron chi connectivity index (χ0n) is 13.3. The van der Waals surface area contributed by atoms with Gasteiger partial charge in [0.15, 0.2) is 5.11 Å². The van der Waals surface area contributed by atoms with Crippen molar-refractivity contribution >= 4 is 23.0 Å². The number of pyridine rings is 1. The standard InChI is InChI=1S/C17H22N4S/c1-18-17(22)21(13-15-6-4-5-11-19-15)12-14-7-9-16(10-8-14)20(2)3/h4-11H,12-13H2,1-3H3,(H,18,22). The van der Waals surface area contributed by atoms with Crippen LogP contribution in [0.3, 0.4) is 0 Å². The Balaban J connectivity index is 2.11. The van der Waals surface area contributed by atoms with Crippen LogP contribution in [0, 0.1) is 0 Å². The fourth-order valence-corrected chi connectivity index (χ4v) is 2.29. The fourth-order valence-electron chi connectivity index (χ4n) is 2.16. The number of thiocarbonyl (C=S) groups is 1. The van der Waals surface area contributed by atoms with Crippen LogP contribution in [0.5, 0.6) is 0 Å². The maximum absolute atomic E-state index is 5.42. The molecule has 0 amide bonds. The Kier molecular flexibility index (Phi) is 5.72. The SMILES string of the molecule is CNC(=S)N(Cc1ccc(N(C)C)cc1)Cc1ccccn1. The van der Waals surface area contributed by atoms with Crippen molar-refractivity contribution in [1.82, 2.24) is 15.2 Å². The Morgan fingerprint density at radius 2 is 1.82 bits per heavy atom. The van der Waals surface area contributed by atoms with Crippen LogP contribution in [0.1, 0.15) is 11.3 Å². The first-order chi connectivity index (χ1) is 10.6. The summed E-state index contributed by atoms with van der Waals surface area (Å²) in [4.78, 5) is 8.58. The Hall–Kier alpha value is -2.14.